The molecule has 0 aromatic heterocycles. The summed E-state index contributed by atoms with van der Waals surface area (Å²) in [4.78, 5) is 14.6. The number of methoxy groups -OCH3 is 1. The summed E-state index contributed by atoms with van der Waals surface area (Å²) in [5.74, 6) is 1.39. The quantitative estimate of drug-likeness (QED) is 0.764. The van der Waals surface area contributed by atoms with Crippen LogP contribution in [-0.4, -0.2) is 38.2 Å². The van der Waals surface area contributed by atoms with Crippen LogP contribution in [0.5, 0.6) is 5.75 Å². The van der Waals surface area contributed by atoms with Gasteiger partial charge in [0.2, 0.25) is 0 Å². The zero-order valence-electron chi connectivity index (χ0n) is 17.0. The highest BCUT2D eigenvalue weighted by atomic mass is 16.5. The van der Waals surface area contributed by atoms with Crippen LogP contribution < -0.4 is 15.4 Å². The van der Waals surface area contributed by atoms with Gasteiger partial charge in [0.05, 0.1) is 7.11 Å². The SMILES string of the molecule is COc1ccc(NC(=O)NC2CCC(C(c3ccccc3)N(C)C)CC2)cc1. The summed E-state index contributed by atoms with van der Waals surface area (Å²) in [6.45, 7) is 0. The van der Waals surface area contributed by atoms with Crippen LogP contribution in [0, 0.1) is 5.92 Å². The molecule has 0 aliphatic heterocycles. The highest BCUT2D eigenvalue weighted by Gasteiger charge is 2.30. The number of carbonyl (C=O) groups excluding carboxylic acids is 1. The van der Waals surface area contributed by atoms with Crippen LogP contribution in [0.1, 0.15) is 37.3 Å². The number of rotatable bonds is 6. The third-order valence-electron chi connectivity index (χ3n) is 5.60. The Morgan fingerprint density at radius 2 is 1.64 bits per heavy atom. The number of amides is 2. The minimum atomic E-state index is -0.138. The lowest BCUT2D eigenvalue weighted by Gasteiger charge is -2.37. The highest BCUT2D eigenvalue weighted by molar-refractivity contribution is 5.89. The van der Waals surface area contributed by atoms with E-state index in [1.165, 1.54) is 5.56 Å². The molecule has 0 saturated heterocycles. The predicted octanol–water partition coefficient (Wildman–Crippen LogP) is 4.68. The average Bonchev–Trinajstić information content (AvgIpc) is 2.70. The first kappa shape index (κ1) is 20.2. The van der Waals surface area contributed by atoms with E-state index in [9.17, 15) is 4.79 Å². The van der Waals surface area contributed by atoms with Gasteiger partial charge in [-0.15, -0.1) is 0 Å². The maximum absolute atomic E-state index is 12.3. The minimum Gasteiger partial charge on any atom is -0.497 e. The van der Waals surface area contributed by atoms with Gasteiger partial charge in [-0.05, 0) is 75.5 Å². The van der Waals surface area contributed by atoms with Crippen molar-refractivity contribution in [1.82, 2.24) is 10.2 Å². The molecule has 1 saturated carbocycles. The molecule has 3 rings (SSSR count). The molecular weight excluding hydrogens is 350 g/mol. The molecule has 0 spiro atoms. The number of anilines is 1. The standard InChI is InChI=1S/C23H31N3O2/c1-26(2)22(17-7-5-4-6-8-17)18-9-11-19(12-10-18)24-23(27)25-20-13-15-21(28-3)16-14-20/h4-8,13-16,18-19,22H,9-12H2,1-3H3,(H2,24,25,27). The van der Waals surface area contributed by atoms with E-state index in [0.717, 1.165) is 37.1 Å². The van der Waals surface area contributed by atoms with Crippen LogP contribution in [0.25, 0.3) is 0 Å². The molecule has 0 bridgehead atoms. The molecule has 5 nitrogen and oxygen atoms in total. The summed E-state index contributed by atoms with van der Waals surface area (Å²) in [7, 11) is 5.94. The van der Waals surface area contributed by atoms with Gasteiger partial charge in [-0.3, -0.25) is 0 Å². The van der Waals surface area contributed by atoms with E-state index in [4.69, 9.17) is 4.74 Å². The van der Waals surface area contributed by atoms with Gasteiger partial charge >= 0.3 is 6.03 Å². The Morgan fingerprint density at radius 3 is 2.21 bits per heavy atom. The summed E-state index contributed by atoms with van der Waals surface area (Å²) in [6, 6.07) is 18.6. The van der Waals surface area contributed by atoms with Crippen molar-refractivity contribution in [2.45, 2.75) is 37.8 Å². The van der Waals surface area contributed by atoms with E-state index in [-0.39, 0.29) is 12.1 Å². The Labute approximate surface area is 168 Å². The predicted molar refractivity (Wildman–Crippen MR) is 114 cm³/mol. The zero-order valence-corrected chi connectivity index (χ0v) is 17.0. The first-order valence-corrected chi connectivity index (χ1v) is 9.99. The first-order valence-electron chi connectivity index (χ1n) is 9.99. The molecule has 2 amide bonds. The lowest BCUT2D eigenvalue weighted by molar-refractivity contribution is 0.158. The lowest BCUT2D eigenvalue weighted by Crippen LogP contribution is -2.41. The van der Waals surface area contributed by atoms with Crippen LogP contribution >= 0.6 is 0 Å². The third kappa shape index (κ3) is 5.26. The first-order chi connectivity index (χ1) is 13.6. The van der Waals surface area contributed by atoms with Crippen molar-refractivity contribution >= 4 is 11.7 Å². The van der Waals surface area contributed by atoms with Crippen molar-refractivity contribution in [2.24, 2.45) is 5.92 Å². The fourth-order valence-electron chi connectivity index (χ4n) is 4.25. The van der Waals surface area contributed by atoms with Gasteiger partial charge in [-0.1, -0.05) is 30.3 Å². The van der Waals surface area contributed by atoms with Crippen molar-refractivity contribution in [3.8, 4) is 5.75 Å². The molecule has 5 heteroatoms. The minimum absolute atomic E-state index is 0.138. The number of nitrogens with zero attached hydrogens (tertiary/aromatic N) is 1. The summed E-state index contributed by atoms with van der Waals surface area (Å²) in [5, 5.41) is 6.03. The molecule has 2 N–H and O–H groups in total. The Balaban J connectivity index is 1.51. The molecule has 2 aromatic rings. The molecule has 1 atom stereocenters. The fourth-order valence-corrected chi connectivity index (χ4v) is 4.25. The highest BCUT2D eigenvalue weighted by Crippen LogP contribution is 2.37. The maximum atomic E-state index is 12.3. The van der Waals surface area contributed by atoms with E-state index in [1.807, 2.05) is 24.3 Å². The van der Waals surface area contributed by atoms with Gasteiger partial charge in [-0.25, -0.2) is 4.79 Å². The topological polar surface area (TPSA) is 53.6 Å². The maximum Gasteiger partial charge on any atom is 0.319 e. The summed E-state index contributed by atoms with van der Waals surface area (Å²) in [6.07, 6.45) is 4.26. The molecule has 150 valence electrons. The molecule has 2 aromatic carbocycles. The van der Waals surface area contributed by atoms with Crippen molar-refractivity contribution in [1.29, 1.82) is 0 Å². The average molecular weight is 382 g/mol. The van der Waals surface area contributed by atoms with E-state index >= 15 is 0 Å². The Hall–Kier alpha value is -2.53. The lowest BCUT2D eigenvalue weighted by atomic mass is 9.79. The molecular formula is C23H31N3O2. The number of hydrogen-bond donors (Lipinski definition) is 2. The van der Waals surface area contributed by atoms with Gasteiger partial charge in [0.25, 0.3) is 0 Å². The van der Waals surface area contributed by atoms with Crippen LogP contribution in [-0.2, 0) is 0 Å². The van der Waals surface area contributed by atoms with Crippen molar-refractivity contribution in [2.75, 3.05) is 26.5 Å². The van der Waals surface area contributed by atoms with Gasteiger partial charge < -0.3 is 20.3 Å². The summed E-state index contributed by atoms with van der Waals surface area (Å²) in [5.41, 5.74) is 2.14. The smallest absolute Gasteiger partial charge is 0.319 e. The van der Waals surface area contributed by atoms with Crippen LogP contribution in [0.4, 0.5) is 10.5 Å². The van der Waals surface area contributed by atoms with Crippen molar-refractivity contribution < 1.29 is 9.53 Å². The largest absolute Gasteiger partial charge is 0.497 e. The Kier molecular flexibility index (Phi) is 6.93. The fraction of sp³-hybridized carbons (Fsp3) is 0.435. The normalized spacial score (nSPS) is 20.4. The van der Waals surface area contributed by atoms with Crippen LogP contribution in [0.15, 0.2) is 54.6 Å². The zero-order chi connectivity index (χ0) is 19.9. The monoisotopic (exact) mass is 381 g/mol. The van der Waals surface area contributed by atoms with Gasteiger partial charge in [0, 0.05) is 17.8 Å². The van der Waals surface area contributed by atoms with Crippen LogP contribution in [0.3, 0.4) is 0 Å². The Morgan fingerprint density at radius 1 is 1.00 bits per heavy atom. The number of urea groups is 1. The number of hydrogen-bond acceptors (Lipinski definition) is 3. The van der Waals surface area contributed by atoms with E-state index in [0.29, 0.717) is 12.0 Å². The van der Waals surface area contributed by atoms with Crippen molar-refractivity contribution in [3.05, 3.63) is 60.2 Å². The second-order valence-corrected chi connectivity index (χ2v) is 7.76. The van der Waals surface area contributed by atoms with Gasteiger partial charge in [0.1, 0.15) is 5.75 Å². The van der Waals surface area contributed by atoms with E-state index in [2.05, 4.69) is 60.0 Å². The third-order valence-corrected chi connectivity index (χ3v) is 5.60. The molecule has 0 heterocycles. The molecule has 1 aliphatic carbocycles. The van der Waals surface area contributed by atoms with E-state index in [1.54, 1.807) is 7.11 Å². The number of ether oxygens (including phenoxy) is 1. The summed E-state index contributed by atoms with van der Waals surface area (Å²) < 4.78 is 5.14. The number of nitrogens with one attached hydrogen (secondary N) is 2. The second-order valence-electron chi connectivity index (χ2n) is 7.76. The van der Waals surface area contributed by atoms with Gasteiger partial charge in [-0.2, -0.15) is 0 Å². The van der Waals surface area contributed by atoms with Crippen LogP contribution in [0.2, 0.25) is 0 Å². The number of benzene rings is 2. The number of carbonyl (C=O) groups is 1. The van der Waals surface area contributed by atoms with E-state index < -0.39 is 0 Å². The van der Waals surface area contributed by atoms with Crippen molar-refractivity contribution in [3.63, 3.8) is 0 Å². The van der Waals surface area contributed by atoms with Gasteiger partial charge in [0.15, 0.2) is 0 Å². The molecule has 1 unspecified atom stereocenters. The molecule has 1 aliphatic rings. The second kappa shape index (κ2) is 9.60. The summed E-state index contributed by atoms with van der Waals surface area (Å²) >= 11 is 0. The molecule has 0 radical (unpaired) electrons. The molecule has 1 fully saturated rings. The Bertz CT molecular complexity index is 738. The molecule has 28 heavy (non-hydrogen) atoms.